The van der Waals surface area contributed by atoms with E-state index < -0.39 is 4.92 Å². The van der Waals surface area contributed by atoms with Crippen LogP contribution in [0.15, 0.2) is 54.6 Å². The molecule has 2 aromatic rings. The second-order valence-corrected chi connectivity index (χ2v) is 7.38. The van der Waals surface area contributed by atoms with Crippen LogP contribution in [0.3, 0.4) is 0 Å². The first-order valence-electron chi connectivity index (χ1n) is 10.3. The van der Waals surface area contributed by atoms with Crippen molar-refractivity contribution in [2.45, 2.75) is 20.0 Å². The first-order valence-corrected chi connectivity index (χ1v) is 10.3. The van der Waals surface area contributed by atoms with Crippen molar-refractivity contribution in [2.75, 3.05) is 32.7 Å². The second-order valence-electron chi connectivity index (χ2n) is 7.38. The average Bonchev–Trinajstić information content (AvgIpc) is 2.78. The maximum atomic E-state index is 12.2. The number of nitro benzene ring substituents is 1. The molecule has 1 fully saturated rings. The molecule has 1 saturated heterocycles. The minimum atomic E-state index is -0.448. The molecule has 1 N–H and O–H groups in total. The third-order valence-corrected chi connectivity index (χ3v) is 5.39. The van der Waals surface area contributed by atoms with E-state index in [0.717, 1.165) is 44.8 Å². The van der Waals surface area contributed by atoms with Gasteiger partial charge < -0.3 is 10.2 Å². The van der Waals surface area contributed by atoms with Crippen molar-refractivity contribution < 1.29 is 9.72 Å². The molecule has 1 aliphatic heterocycles. The summed E-state index contributed by atoms with van der Waals surface area (Å²) in [5, 5.41) is 13.8. The Morgan fingerprint density at radius 1 is 1.07 bits per heavy atom. The van der Waals surface area contributed by atoms with Gasteiger partial charge >= 0.3 is 0 Å². The minimum Gasteiger partial charge on any atom is -0.348 e. The lowest BCUT2D eigenvalue weighted by Crippen LogP contribution is -2.45. The first-order chi connectivity index (χ1) is 14.5. The number of carbonyl (C=O) groups excluding carboxylic acids is 1. The van der Waals surface area contributed by atoms with Gasteiger partial charge in [0.1, 0.15) is 0 Å². The van der Waals surface area contributed by atoms with Crippen LogP contribution in [0.2, 0.25) is 0 Å². The molecule has 7 heteroatoms. The molecule has 3 rings (SSSR count). The van der Waals surface area contributed by atoms with Gasteiger partial charge in [0.2, 0.25) is 5.91 Å². The summed E-state index contributed by atoms with van der Waals surface area (Å²) in [6, 6.07) is 14.4. The van der Waals surface area contributed by atoms with E-state index in [4.69, 9.17) is 0 Å². The molecule has 1 aliphatic rings. The van der Waals surface area contributed by atoms with Crippen LogP contribution in [-0.2, 0) is 17.9 Å². The fourth-order valence-electron chi connectivity index (χ4n) is 3.54. The lowest BCUT2D eigenvalue weighted by atomic mass is 10.1. The Morgan fingerprint density at radius 3 is 2.47 bits per heavy atom. The average molecular weight is 409 g/mol. The summed E-state index contributed by atoms with van der Waals surface area (Å²) in [6.07, 6.45) is 2.99. The number of nitrogens with zero attached hydrogens (tertiary/aromatic N) is 3. The van der Waals surface area contributed by atoms with Gasteiger partial charge in [0.25, 0.3) is 5.69 Å². The summed E-state index contributed by atoms with van der Waals surface area (Å²) in [5.74, 6) is -0.229. The number of non-ortho nitro benzene ring substituents is 1. The summed E-state index contributed by atoms with van der Waals surface area (Å²) in [4.78, 5) is 27.5. The topological polar surface area (TPSA) is 78.7 Å². The van der Waals surface area contributed by atoms with Crippen LogP contribution >= 0.6 is 0 Å². The van der Waals surface area contributed by atoms with Gasteiger partial charge in [-0.25, -0.2) is 0 Å². The van der Waals surface area contributed by atoms with Crippen molar-refractivity contribution in [3.8, 4) is 0 Å². The zero-order valence-electron chi connectivity index (χ0n) is 17.3. The summed E-state index contributed by atoms with van der Waals surface area (Å²) < 4.78 is 0. The Bertz CT molecular complexity index is 905. The zero-order chi connectivity index (χ0) is 21.3. The van der Waals surface area contributed by atoms with Crippen molar-refractivity contribution in [1.29, 1.82) is 0 Å². The molecule has 7 nitrogen and oxygen atoms in total. The van der Waals surface area contributed by atoms with E-state index in [1.165, 1.54) is 23.8 Å². The Labute approximate surface area is 177 Å². The van der Waals surface area contributed by atoms with Crippen molar-refractivity contribution in [3.63, 3.8) is 0 Å². The van der Waals surface area contributed by atoms with E-state index in [1.807, 2.05) is 18.2 Å². The molecule has 2 aromatic carbocycles. The molecule has 0 unspecified atom stereocenters. The van der Waals surface area contributed by atoms with Gasteiger partial charge in [-0.15, -0.1) is 0 Å². The quantitative estimate of drug-likeness (QED) is 0.413. The van der Waals surface area contributed by atoms with E-state index >= 15 is 0 Å². The Kier molecular flexibility index (Phi) is 7.70. The molecule has 0 bridgehead atoms. The highest BCUT2D eigenvalue weighted by Gasteiger charge is 2.16. The van der Waals surface area contributed by atoms with E-state index in [0.29, 0.717) is 12.1 Å². The number of amides is 1. The number of nitrogens with one attached hydrogen (secondary N) is 1. The second kappa shape index (κ2) is 10.7. The molecule has 1 amide bonds. The smallest absolute Gasteiger partial charge is 0.270 e. The molecular formula is C23H28N4O3. The Hall–Kier alpha value is -3.03. The molecule has 0 saturated carbocycles. The van der Waals surface area contributed by atoms with Crippen molar-refractivity contribution in [1.82, 2.24) is 15.1 Å². The summed E-state index contributed by atoms with van der Waals surface area (Å²) in [7, 11) is 0. The molecular weight excluding hydrogens is 380 g/mol. The number of hydrogen-bond acceptors (Lipinski definition) is 5. The van der Waals surface area contributed by atoms with Crippen LogP contribution < -0.4 is 5.32 Å². The van der Waals surface area contributed by atoms with Gasteiger partial charge in [0.15, 0.2) is 0 Å². The molecule has 0 aliphatic carbocycles. The predicted octanol–water partition coefficient (Wildman–Crippen LogP) is 3.06. The first kappa shape index (κ1) is 21.7. The fraction of sp³-hybridized carbons (Fsp3) is 0.348. The van der Waals surface area contributed by atoms with Crippen LogP contribution in [0.1, 0.15) is 23.6 Å². The van der Waals surface area contributed by atoms with Crippen molar-refractivity contribution >= 4 is 17.7 Å². The predicted molar refractivity (Wildman–Crippen MR) is 118 cm³/mol. The molecule has 0 aromatic heterocycles. The zero-order valence-corrected chi connectivity index (χ0v) is 17.3. The third kappa shape index (κ3) is 6.23. The van der Waals surface area contributed by atoms with Crippen molar-refractivity contribution in [3.05, 3.63) is 81.4 Å². The molecule has 30 heavy (non-hydrogen) atoms. The summed E-state index contributed by atoms with van der Waals surface area (Å²) >= 11 is 0. The lowest BCUT2D eigenvalue weighted by molar-refractivity contribution is -0.384. The highest BCUT2D eigenvalue weighted by atomic mass is 16.6. The Balaban J connectivity index is 1.55. The molecule has 0 spiro atoms. The standard InChI is InChI=1S/C23H28N4O3/c1-2-25-12-14-26(15-13-25)18-21-8-4-3-7-20(21)17-24-23(28)11-10-19-6-5-9-22(16-19)27(29)30/h3-11,16H,2,12-15,17-18H2,1H3,(H,24,28). The van der Waals surface area contributed by atoms with Crippen LogP contribution in [-0.4, -0.2) is 53.4 Å². The van der Waals surface area contributed by atoms with Gasteiger partial charge in [-0.3, -0.25) is 19.8 Å². The monoisotopic (exact) mass is 408 g/mol. The number of piperazine rings is 1. The van der Waals surface area contributed by atoms with Gasteiger partial charge in [-0.2, -0.15) is 0 Å². The summed E-state index contributed by atoms with van der Waals surface area (Å²) in [6.45, 7) is 8.93. The minimum absolute atomic E-state index is 0.00579. The third-order valence-electron chi connectivity index (χ3n) is 5.39. The highest BCUT2D eigenvalue weighted by molar-refractivity contribution is 5.91. The maximum Gasteiger partial charge on any atom is 0.270 e. The number of hydrogen-bond donors (Lipinski definition) is 1. The number of carbonyl (C=O) groups is 1. The summed E-state index contributed by atoms with van der Waals surface area (Å²) in [5.41, 5.74) is 2.95. The molecule has 0 radical (unpaired) electrons. The van der Waals surface area contributed by atoms with Gasteiger partial charge in [-0.05, 0) is 29.3 Å². The van der Waals surface area contributed by atoms with Gasteiger partial charge in [0, 0.05) is 57.5 Å². The van der Waals surface area contributed by atoms with Crippen LogP contribution in [0.4, 0.5) is 5.69 Å². The fourth-order valence-corrected chi connectivity index (χ4v) is 3.54. The van der Waals surface area contributed by atoms with Crippen LogP contribution in [0.5, 0.6) is 0 Å². The highest BCUT2D eigenvalue weighted by Crippen LogP contribution is 2.15. The molecule has 0 atom stereocenters. The van der Waals surface area contributed by atoms with E-state index in [9.17, 15) is 14.9 Å². The Morgan fingerprint density at radius 2 is 1.77 bits per heavy atom. The number of nitro groups is 1. The number of likely N-dealkylation sites (N-methyl/N-ethyl adjacent to an activating group) is 1. The van der Waals surface area contributed by atoms with E-state index in [2.05, 4.69) is 28.1 Å². The molecule has 1 heterocycles. The van der Waals surface area contributed by atoms with Gasteiger partial charge in [-0.1, -0.05) is 43.3 Å². The largest absolute Gasteiger partial charge is 0.348 e. The van der Waals surface area contributed by atoms with E-state index in [1.54, 1.807) is 18.2 Å². The van der Waals surface area contributed by atoms with Gasteiger partial charge in [0.05, 0.1) is 4.92 Å². The number of benzene rings is 2. The lowest BCUT2D eigenvalue weighted by Gasteiger charge is -2.34. The van der Waals surface area contributed by atoms with Crippen LogP contribution in [0.25, 0.3) is 6.08 Å². The normalized spacial score (nSPS) is 15.4. The van der Waals surface area contributed by atoms with Crippen LogP contribution in [0, 0.1) is 10.1 Å². The number of rotatable bonds is 8. The molecule has 158 valence electrons. The van der Waals surface area contributed by atoms with E-state index in [-0.39, 0.29) is 11.6 Å². The SMILES string of the molecule is CCN1CCN(Cc2ccccc2CNC(=O)C=Cc2cccc([N+](=O)[O-])c2)CC1. The van der Waals surface area contributed by atoms with Crippen molar-refractivity contribution in [2.24, 2.45) is 0 Å². The maximum absolute atomic E-state index is 12.2.